The Bertz CT molecular complexity index is 310. The summed E-state index contributed by atoms with van der Waals surface area (Å²) in [6.07, 6.45) is 1.73. The van der Waals surface area contributed by atoms with Gasteiger partial charge >= 0.3 is 6.03 Å². The summed E-state index contributed by atoms with van der Waals surface area (Å²) in [6, 6.07) is 0.0859. The summed E-state index contributed by atoms with van der Waals surface area (Å²) in [4.78, 5) is 22.6. The van der Waals surface area contributed by atoms with Crippen LogP contribution in [0.1, 0.15) is 19.8 Å². The first-order valence-electron chi connectivity index (χ1n) is 5.61. The van der Waals surface area contributed by atoms with Gasteiger partial charge in [-0.2, -0.15) is 11.8 Å². The Morgan fingerprint density at radius 3 is 3.00 bits per heavy atom. The second kappa shape index (κ2) is 4.53. The van der Waals surface area contributed by atoms with Crippen LogP contribution in [0.2, 0.25) is 0 Å². The van der Waals surface area contributed by atoms with E-state index in [1.807, 2.05) is 6.92 Å². The summed E-state index contributed by atoms with van der Waals surface area (Å²) < 4.78 is 0. The van der Waals surface area contributed by atoms with E-state index in [1.165, 1.54) is 0 Å². The van der Waals surface area contributed by atoms with Gasteiger partial charge < -0.3 is 16.4 Å². The maximum atomic E-state index is 11.4. The number of carbonyl (C=O) groups is 2. The van der Waals surface area contributed by atoms with Crippen molar-refractivity contribution in [2.75, 3.05) is 5.75 Å². The molecule has 2 heterocycles. The maximum absolute atomic E-state index is 11.4. The van der Waals surface area contributed by atoms with Crippen LogP contribution in [-0.4, -0.2) is 35.0 Å². The Kier molecular flexibility index (Phi) is 3.28. The number of fused-ring (bicyclic) bond motifs is 1. The van der Waals surface area contributed by atoms with Gasteiger partial charge in [0.25, 0.3) is 0 Å². The third-order valence-corrected chi connectivity index (χ3v) is 4.79. The summed E-state index contributed by atoms with van der Waals surface area (Å²) in [7, 11) is 0. The number of hydrogen-bond acceptors (Lipinski definition) is 3. The van der Waals surface area contributed by atoms with Crippen LogP contribution in [0, 0.1) is 5.92 Å². The lowest BCUT2D eigenvalue weighted by atomic mass is 9.92. The van der Waals surface area contributed by atoms with Crippen molar-refractivity contribution in [3.05, 3.63) is 0 Å². The van der Waals surface area contributed by atoms with Gasteiger partial charge in [0.05, 0.1) is 18.0 Å². The summed E-state index contributed by atoms with van der Waals surface area (Å²) in [5.41, 5.74) is 5.43. The van der Waals surface area contributed by atoms with E-state index in [0.717, 1.165) is 18.6 Å². The highest BCUT2D eigenvalue weighted by molar-refractivity contribution is 8.00. The molecule has 0 aliphatic carbocycles. The predicted octanol–water partition coefficient (Wildman–Crippen LogP) is 0.0534. The summed E-state index contributed by atoms with van der Waals surface area (Å²) >= 11 is 1.73. The second-order valence-corrected chi connectivity index (χ2v) is 5.56. The van der Waals surface area contributed by atoms with Crippen molar-refractivity contribution in [3.63, 3.8) is 0 Å². The van der Waals surface area contributed by atoms with E-state index in [4.69, 9.17) is 5.73 Å². The molecule has 4 N–H and O–H groups in total. The fourth-order valence-corrected chi connectivity index (χ4v) is 4.16. The number of rotatable bonds is 4. The molecule has 0 spiro atoms. The minimum atomic E-state index is -0.249. The number of carbonyl (C=O) groups excluding carboxylic acids is 2. The zero-order valence-electron chi connectivity index (χ0n) is 9.23. The smallest absolute Gasteiger partial charge is 0.315 e. The van der Waals surface area contributed by atoms with Gasteiger partial charge in [-0.25, -0.2) is 4.79 Å². The Hall–Kier alpha value is -0.910. The molecular formula is C10H17N3O2S. The Labute approximate surface area is 98.9 Å². The fraction of sp³-hybridized carbons (Fsp3) is 0.800. The quantitative estimate of drug-likeness (QED) is 0.610. The number of nitrogens with one attached hydrogen (secondary N) is 2. The summed E-state index contributed by atoms with van der Waals surface area (Å²) in [5.74, 6) is 0.480. The van der Waals surface area contributed by atoms with Gasteiger partial charge in [0.1, 0.15) is 0 Å². The van der Waals surface area contributed by atoms with Crippen LogP contribution in [-0.2, 0) is 4.79 Å². The van der Waals surface area contributed by atoms with Gasteiger partial charge in [-0.05, 0) is 6.42 Å². The highest BCUT2D eigenvalue weighted by atomic mass is 32.2. The Morgan fingerprint density at radius 1 is 1.62 bits per heavy atom. The third-order valence-electron chi connectivity index (χ3n) is 3.23. The molecule has 2 aliphatic heterocycles. The number of thioether (sulfide) groups is 1. The normalized spacial score (nSPS) is 34.1. The molecule has 2 fully saturated rings. The van der Waals surface area contributed by atoms with Crippen LogP contribution in [0.15, 0.2) is 0 Å². The number of amides is 3. The molecule has 0 aromatic rings. The molecule has 2 aliphatic rings. The van der Waals surface area contributed by atoms with E-state index in [-0.39, 0.29) is 35.2 Å². The molecule has 0 aromatic carbocycles. The minimum Gasteiger partial charge on any atom is -0.369 e. The van der Waals surface area contributed by atoms with Gasteiger partial charge in [-0.3, -0.25) is 4.79 Å². The van der Waals surface area contributed by atoms with Crippen molar-refractivity contribution < 1.29 is 9.59 Å². The first kappa shape index (κ1) is 11.6. The van der Waals surface area contributed by atoms with Crippen molar-refractivity contribution in [2.24, 2.45) is 11.7 Å². The van der Waals surface area contributed by atoms with Gasteiger partial charge in [0.2, 0.25) is 5.91 Å². The molecule has 0 radical (unpaired) electrons. The maximum Gasteiger partial charge on any atom is 0.315 e. The number of primary amides is 1. The average molecular weight is 243 g/mol. The van der Waals surface area contributed by atoms with E-state index < -0.39 is 0 Å². The van der Waals surface area contributed by atoms with Crippen molar-refractivity contribution >= 4 is 23.7 Å². The molecule has 90 valence electrons. The summed E-state index contributed by atoms with van der Waals surface area (Å²) in [5, 5.41) is 5.87. The molecule has 0 aromatic heterocycles. The van der Waals surface area contributed by atoms with Crippen LogP contribution >= 0.6 is 11.8 Å². The van der Waals surface area contributed by atoms with E-state index in [0.29, 0.717) is 0 Å². The number of urea groups is 1. The van der Waals surface area contributed by atoms with Gasteiger partial charge in [-0.15, -0.1) is 0 Å². The van der Waals surface area contributed by atoms with E-state index >= 15 is 0 Å². The minimum absolute atomic E-state index is 0.0570. The van der Waals surface area contributed by atoms with Crippen LogP contribution in [0.3, 0.4) is 0 Å². The van der Waals surface area contributed by atoms with Crippen LogP contribution in [0.5, 0.6) is 0 Å². The highest BCUT2D eigenvalue weighted by Crippen LogP contribution is 2.36. The Morgan fingerprint density at radius 2 is 2.38 bits per heavy atom. The zero-order valence-corrected chi connectivity index (χ0v) is 10.0. The first-order valence-corrected chi connectivity index (χ1v) is 6.66. The first-order chi connectivity index (χ1) is 7.63. The zero-order chi connectivity index (χ0) is 11.7. The van der Waals surface area contributed by atoms with Gasteiger partial charge in [0, 0.05) is 11.0 Å². The molecular weight excluding hydrogens is 226 g/mol. The lowest BCUT2D eigenvalue weighted by Crippen LogP contribution is -2.44. The predicted molar refractivity (Wildman–Crippen MR) is 63.1 cm³/mol. The van der Waals surface area contributed by atoms with Gasteiger partial charge in [-0.1, -0.05) is 13.3 Å². The molecule has 2 saturated heterocycles. The second-order valence-electron chi connectivity index (χ2n) is 4.35. The van der Waals surface area contributed by atoms with Crippen LogP contribution in [0.25, 0.3) is 0 Å². The lowest BCUT2D eigenvalue weighted by molar-refractivity contribution is -0.122. The van der Waals surface area contributed by atoms with Crippen molar-refractivity contribution in [2.45, 2.75) is 37.1 Å². The van der Waals surface area contributed by atoms with Crippen molar-refractivity contribution in [1.29, 1.82) is 0 Å². The van der Waals surface area contributed by atoms with Crippen LogP contribution in [0.4, 0.5) is 4.79 Å². The molecule has 1 unspecified atom stereocenters. The van der Waals surface area contributed by atoms with Crippen molar-refractivity contribution in [3.8, 4) is 0 Å². The molecule has 2 rings (SSSR count). The SMILES string of the molecule is CCCC(C(N)=O)[C@@H]1SC[C@@H]2NC(=O)N[C@@H]21. The standard InChI is InChI=1S/C10H17N3O2S/c1-2-3-5(9(11)14)8-7-6(4-16-8)12-10(15)13-7/h5-8H,2-4H2,1H3,(H2,11,14)(H2,12,13,15)/t5?,6-,7-,8-/m0/s1. The highest BCUT2D eigenvalue weighted by Gasteiger charge is 2.47. The molecule has 0 bridgehead atoms. The topological polar surface area (TPSA) is 84.2 Å². The average Bonchev–Trinajstić information content (AvgIpc) is 2.73. The van der Waals surface area contributed by atoms with Crippen molar-refractivity contribution in [1.82, 2.24) is 10.6 Å². The Balaban J connectivity index is 2.08. The number of hydrogen-bond donors (Lipinski definition) is 3. The molecule has 4 atom stereocenters. The lowest BCUT2D eigenvalue weighted by Gasteiger charge is -2.24. The van der Waals surface area contributed by atoms with E-state index in [1.54, 1.807) is 11.8 Å². The van der Waals surface area contributed by atoms with Gasteiger partial charge in [0.15, 0.2) is 0 Å². The molecule has 6 heteroatoms. The molecule has 5 nitrogen and oxygen atoms in total. The third kappa shape index (κ3) is 1.98. The molecule has 16 heavy (non-hydrogen) atoms. The largest absolute Gasteiger partial charge is 0.369 e. The van der Waals surface area contributed by atoms with E-state index in [9.17, 15) is 9.59 Å². The number of nitrogens with two attached hydrogens (primary N) is 1. The van der Waals surface area contributed by atoms with Crippen LogP contribution < -0.4 is 16.4 Å². The monoisotopic (exact) mass is 243 g/mol. The molecule has 0 saturated carbocycles. The van der Waals surface area contributed by atoms with E-state index in [2.05, 4.69) is 10.6 Å². The summed E-state index contributed by atoms with van der Waals surface area (Å²) in [6.45, 7) is 2.04. The fourth-order valence-electron chi connectivity index (χ4n) is 2.47. The molecule has 3 amide bonds.